The van der Waals surface area contributed by atoms with E-state index in [1.807, 2.05) is 55.4 Å². The highest BCUT2D eigenvalue weighted by Crippen LogP contribution is 2.27. The lowest BCUT2D eigenvalue weighted by atomic mass is 10.2. The molecule has 2 unspecified atom stereocenters. The Morgan fingerprint density at radius 1 is 0.455 bits per heavy atom. The van der Waals surface area contributed by atoms with Gasteiger partial charge < -0.3 is 0 Å². The van der Waals surface area contributed by atoms with Crippen molar-refractivity contribution in [2.24, 2.45) is 0 Å². The summed E-state index contributed by atoms with van der Waals surface area (Å²) >= 11 is 0. The van der Waals surface area contributed by atoms with Gasteiger partial charge in [-0.3, -0.25) is 0 Å². The summed E-state index contributed by atoms with van der Waals surface area (Å²) in [5, 5.41) is 0. The van der Waals surface area contributed by atoms with Gasteiger partial charge in [-0.05, 0) is 55.4 Å². The Hall–Kier alpha value is -0.240. The zero-order chi connectivity index (χ0) is 17.7. The van der Waals surface area contributed by atoms with Crippen LogP contribution in [-0.2, 0) is 29.3 Å². The Kier molecular flexibility index (Phi) is 7.95. The molecule has 0 N–H and O–H groups in total. The zero-order valence-electron chi connectivity index (χ0n) is 15.9. The lowest BCUT2D eigenvalue weighted by Gasteiger charge is -2.34. The van der Waals surface area contributed by atoms with E-state index >= 15 is 0 Å². The van der Waals surface area contributed by atoms with Crippen LogP contribution in [0.4, 0.5) is 0 Å². The van der Waals surface area contributed by atoms with Crippen LogP contribution in [0.3, 0.4) is 0 Å². The molecule has 0 aromatic rings. The molecule has 0 aliphatic heterocycles. The van der Waals surface area contributed by atoms with Crippen molar-refractivity contribution in [1.29, 1.82) is 0 Å². The van der Waals surface area contributed by atoms with Crippen LogP contribution in [0.5, 0.6) is 0 Å². The molecule has 0 rings (SSSR count). The highest BCUT2D eigenvalue weighted by atomic mass is 17.4. The molecule has 0 spiro atoms. The molecule has 0 radical (unpaired) electrons. The van der Waals surface area contributed by atoms with E-state index in [1.54, 1.807) is 13.8 Å². The highest BCUT2D eigenvalue weighted by molar-refractivity contribution is 4.61. The van der Waals surface area contributed by atoms with E-state index < -0.39 is 22.8 Å². The molecule has 0 amide bonds. The van der Waals surface area contributed by atoms with Gasteiger partial charge in [-0.25, -0.2) is 9.78 Å². The summed E-state index contributed by atoms with van der Waals surface area (Å²) in [6.07, 6.45) is 1.06. The van der Waals surface area contributed by atoms with Gasteiger partial charge in [0.2, 0.25) is 11.6 Å². The van der Waals surface area contributed by atoms with Gasteiger partial charge in [-0.2, -0.15) is 19.6 Å². The van der Waals surface area contributed by atoms with E-state index in [4.69, 9.17) is 29.3 Å². The summed E-state index contributed by atoms with van der Waals surface area (Å²) in [5.41, 5.74) is -0.889. The predicted molar refractivity (Wildman–Crippen MR) is 83.4 cm³/mol. The average molecular weight is 322 g/mol. The monoisotopic (exact) mass is 322 g/mol. The second-order valence-electron chi connectivity index (χ2n) is 7.70. The van der Waals surface area contributed by atoms with Crippen molar-refractivity contribution in [1.82, 2.24) is 0 Å². The van der Waals surface area contributed by atoms with Crippen LogP contribution in [0.1, 0.15) is 82.1 Å². The van der Waals surface area contributed by atoms with Gasteiger partial charge in [0.1, 0.15) is 0 Å². The van der Waals surface area contributed by atoms with E-state index in [2.05, 4.69) is 0 Å². The first-order valence-corrected chi connectivity index (χ1v) is 7.85. The second-order valence-corrected chi connectivity index (χ2v) is 7.70. The van der Waals surface area contributed by atoms with E-state index in [9.17, 15) is 0 Å². The third kappa shape index (κ3) is 9.71. The van der Waals surface area contributed by atoms with Gasteiger partial charge in [0.15, 0.2) is 0 Å². The first kappa shape index (κ1) is 21.8. The number of hydrogen-bond donors (Lipinski definition) is 0. The van der Waals surface area contributed by atoms with Crippen molar-refractivity contribution in [2.75, 3.05) is 0 Å². The average Bonchev–Trinajstić information content (AvgIpc) is 2.39. The van der Waals surface area contributed by atoms with Crippen molar-refractivity contribution < 1.29 is 29.3 Å². The normalized spacial score (nSPS) is 18.8. The molecular weight excluding hydrogens is 288 g/mol. The summed E-state index contributed by atoms with van der Waals surface area (Å²) < 4.78 is 0. The van der Waals surface area contributed by atoms with Gasteiger partial charge >= 0.3 is 0 Å². The Morgan fingerprint density at radius 2 is 0.682 bits per heavy atom. The third-order valence-corrected chi connectivity index (χ3v) is 2.61. The van der Waals surface area contributed by atoms with E-state index in [0.29, 0.717) is 12.8 Å². The van der Waals surface area contributed by atoms with Gasteiger partial charge in [0.05, 0.1) is 11.2 Å². The molecule has 0 aromatic carbocycles. The standard InChI is InChI=1S/C16H34O6/c1-11-15(9,19-17-13(3,4)5)21-22-16(10,12-2)20-18-14(6,7)8/h11-12H2,1-10H3. The maximum atomic E-state index is 5.44. The van der Waals surface area contributed by atoms with Gasteiger partial charge in [-0.1, -0.05) is 13.8 Å². The topological polar surface area (TPSA) is 55.4 Å². The molecule has 0 bridgehead atoms. The molecule has 0 aliphatic carbocycles. The molecule has 6 heteroatoms. The Bertz CT molecular complexity index is 288. The van der Waals surface area contributed by atoms with Crippen LogP contribution in [0.25, 0.3) is 0 Å². The predicted octanol–water partition coefficient (Wildman–Crippen LogP) is 4.68. The van der Waals surface area contributed by atoms with Crippen LogP contribution in [0, 0.1) is 0 Å². The lowest BCUT2D eigenvalue weighted by Crippen LogP contribution is -2.41. The minimum Gasteiger partial charge on any atom is -0.228 e. The second kappa shape index (κ2) is 8.04. The van der Waals surface area contributed by atoms with E-state index in [0.717, 1.165) is 0 Å². The first-order valence-electron chi connectivity index (χ1n) is 7.85. The largest absolute Gasteiger partial charge is 0.231 e. The molecule has 0 heterocycles. The Morgan fingerprint density at radius 3 is 0.864 bits per heavy atom. The van der Waals surface area contributed by atoms with Crippen molar-refractivity contribution >= 4 is 0 Å². The fourth-order valence-corrected chi connectivity index (χ4v) is 0.866. The van der Waals surface area contributed by atoms with Crippen LogP contribution in [0.15, 0.2) is 0 Å². The fraction of sp³-hybridized carbons (Fsp3) is 1.00. The summed E-state index contributed by atoms with van der Waals surface area (Å²) in [6.45, 7) is 18.6. The van der Waals surface area contributed by atoms with Crippen LogP contribution in [0.2, 0.25) is 0 Å². The molecule has 0 aliphatic rings. The lowest BCUT2D eigenvalue weighted by molar-refractivity contribution is -0.587. The molecule has 0 saturated carbocycles. The molecule has 0 fully saturated rings. The number of hydrogen-bond acceptors (Lipinski definition) is 6. The summed E-state index contributed by atoms with van der Waals surface area (Å²) in [4.78, 5) is 32.3. The maximum Gasteiger partial charge on any atom is 0.231 e. The molecule has 6 nitrogen and oxygen atoms in total. The minimum absolute atomic E-state index is 0.445. The van der Waals surface area contributed by atoms with E-state index in [1.165, 1.54) is 0 Å². The quantitative estimate of drug-likeness (QED) is 0.349. The Labute approximate surface area is 135 Å². The molecule has 0 aromatic heterocycles. The molecule has 0 saturated heterocycles. The van der Waals surface area contributed by atoms with Crippen molar-refractivity contribution in [3.63, 3.8) is 0 Å². The fourth-order valence-electron chi connectivity index (χ4n) is 0.866. The van der Waals surface area contributed by atoms with Gasteiger partial charge in [0, 0.05) is 12.8 Å². The summed E-state index contributed by atoms with van der Waals surface area (Å²) in [6, 6.07) is 0. The molecule has 2 atom stereocenters. The van der Waals surface area contributed by atoms with Crippen molar-refractivity contribution in [2.45, 2.75) is 105 Å². The van der Waals surface area contributed by atoms with Gasteiger partial charge in [0.25, 0.3) is 0 Å². The maximum absolute atomic E-state index is 5.44. The zero-order valence-corrected chi connectivity index (χ0v) is 15.9. The van der Waals surface area contributed by atoms with Crippen LogP contribution < -0.4 is 0 Å². The van der Waals surface area contributed by atoms with Crippen LogP contribution in [-0.4, -0.2) is 22.8 Å². The highest BCUT2D eigenvalue weighted by Gasteiger charge is 2.36. The minimum atomic E-state index is -1.05. The molecule has 22 heavy (non-hydrogen) atoms. The third-order valence-electron chi connectivity index (χ3n) is 2.61. The molecular formula is C16H34O6. The van der Waals surface area contributed by atoms with Crippen molar-refractivity contribution in [3.05, 3.63) is 0 Å². The van der Waals surface area contributed by atoms with E-state index in [-0.39, 0.29) is 0 Å². The SMILES string of the molecule is CCC(C)(OOC(C)(C)C)OOC(C)(CC)OOC(C)(C)C. The molecule has 134 valence electrons. The van der Waals surface area contributed by atoms with Crippen LogP contribution >= 0.6 is 0 Å². The van der Waals surface area contributed by atoms with Gasteiger partial charge in [-0.15, -0.1) is 0 Å². The smallest absolute Gasteiger partial charge is 0.228 e. The Balaban J connectivity index is 4.60. The summed E-state index contributed by atoms with van der Waals surface area (Å²) in [5.74, 6) is -2.09. The first-order chi connectivity index (χ1) is 9.74. The van der Waals surface area contributed by atoms with Crippen molar-refractivity contribution in [3.8, 4) is 0 Å². The summed E-state index contributed by atoms with van der Waals surface area (Å²) in [7, 11) is 0. The number of rotatable bonds is 9.